The number of hydrogen-bond acceptors (Lipinski definition) is 13. The van der Waals surface area contributed by atoms with Crippen molar-refractivity contribution in [3.05, 3.63) is 36.5 Å². The highest BCUT2D eigenvalue weighted by atomic mass is 16.7. The van der Waals surface area contributed by atoms with E-state index in [-0.39, 0.29) is 18.9 Å². The van der Waals surface area contributed by atoms with E-state index >= 15 is 0 Å². The molecule has 0 aromatic heterocycles. The number of aliphatic hydroxyl groups is 8. The first-order valence-corrected chi connectivity index (χ1v) is 33.7. The predicted octanol–water partition coefficient (Wildman–Crippen LogP) is 13.0. The topological polar surface area (TPSA) is 228 Å². The van der Waals surface area contributed by atoms with Gasteiger partial charge in [0, 0.05) is 6.42 Å². The van der Waals surface area contributed by atoms with E-state index in [2.05, 4.69) is 43.5 Å². The molecule has 1 amide bonds. The molecule has 12 atom stereocenters. The van der Waals surface area contributed by atoms with Crippen LogP contribution in [0.4, 0.5) is 0 Å². The van der Waals surface area contributed by atoms with Crippen molar-refractivity contribution in [3.8, 4) is 0 Å². The molecule has 0 radical (unpaired) electrons. The van der Waals surface area contributed by atoms with Crippen molar-refractivity contribution in [1.29, 1.82) is 0 Å². The summed E-state index contributed by atoms with van der Waals surface area (Å²) in [5.74, 6) is -0.251. The lowest BCUT2D eigenvalue weighted by Crippen LogP contribution is -2.65. The van der Waals surface area contributed by atoms with Crippen LogP contribution in [-0.4, -0.2) is 140 Å². The Morgan fingerprint density at radius 1 is 0.432 bits per heavy atom. The van der Waals surface area contributed by atoms with E-state index in [0.717, 1.165) is 38.5 Å². The molecule has 2 heterocycles. The molecule has 2 fully saturated rings. The van der Waals surface area contributed by atoms with Crippen LogP contribution in [0.2, 0.25) is 0 Å². The number of carbonyl (C=O) groups excluding carboxylic acids is 1. The fourth-order valence-electron chi connectivity index (χ4n) is 11.1. The molecule has 0 aromatic carbocycles. The number of allylic oxidation sites excluding steroid dienone is 5. The Balaban J connectivity index is 1.71. The van der Waals surface area contributed by atoms with Crippen LogP contribution < -0.4 is 5.32 Å². The maximum absolute atomic E-state index is 13.3. The molecule has 14 heteroatoms. The molecule has 0 aromatic rings. The van der Waals surface area contributed by atoms with Crippen LogP contribution in [0.3, 0.4) is 0 Å². The number of aliphatic hydroxyl groups excluding tert-OH is 8. The molecule has 14 nitrogen and oxygen atoms in total. The summed E-state index contributed by atoms with van der Waals surface area (Å²) in [7, 11) is 0. The number of nitrogens with one attached hydrogen (secondary N) is 1. The van der Waals surface area contributed by atoms with Gasteiger partial charge in [0.1, 0.15) is 48.8 Å². The van der Waals surface area contributed by atoms with Crippen LogP contribution in [0.25, 0.3) is 0 Å². The molecule has 476 valence electrons. The third kappa shape index (κ3) is 37.4. The van der Waals surface area contributed by atoms with Crippen molar-refractivity contribution in [3.63, 3.8) is 0 Å². The molecule has 81 heavy (non-hydrogen) atoms. The zero-order chi connectivity index (χ0) is 58.8. The predicted molar refractivity (Wildman–Crippen MR) is 328 cm³/mol. The van der Waals surface area contributed by atoms with Gasteiger partial charge in [-0.25, -0.2) is 0 Å². The minimum Gasteiger partial charge on any atom is -0.394 e. The minimum absolute atomic E-state index is 0.251. The monoisotopic (exact) mass is 1150 g/mol. The Morgan fingerprint density at radius 3 is 1.21 bits per heavy atom. The molecule has 9 N–H and O–H groups in total. The van der Waals surface area contributed by atoms with Crippen LogP contribution in [0.1, 0.15) is 290 Å². The van der Waals surface area contributed by atoms with Crippen molar-refractivity contribution in [2.75, 3.05) is 19.8 Å². The molecule has 0 saturated carbocycles. The largest absolute Gasteiger partial charge is 0.394 e. The average Bonchev–Trinajstić information content (AvgIpc) is 3.62. The van der Waals surface area contributed by atoms with Crippen molar-refractivity contribution in [1.82, 2.24) is 5.32 Å². The zero-order valence-electron chi connectivity index (χ0n) is 51.5. The highest BCUT2D eigenvalue weighted by molar-refractivity contribution is 5.76. The summed E-state index contributed by atoms with van der Waals surface area (Å²) in [5.41, 5.74) is 0. The molecule has 0 bridgehead atoms. The quantitative estimate of drug-likeness (QED) is 0.0204. The van der Waals surface area contributed by atoms with Gasteiger partial charge < -0.3 is 65.1 Å². The molecule has 2 aliphatic heterocycles. The maximum atomic E-state index is 13.3. The van der Waals surface area contributed by atoms with Crippen molar-refractivity contribution in [2.45, 2.75) is 364 Å². The summed E-state index contributed by atoms with van der Waals surface area (Å²) >= 11 is 0. The first-order valence-electron chi connectivity index (χ1n) is 33.7. The second kappa shape index (κ2) is 52.5. The molecular weight excluding hydrogens is 1030 g/mol. The summed E-state index contributed by atoms with van der Waals surface area (Å²) in [6, 6.07) is -0.934. The molecular formula is C67H125NO13. The standard InChI is InChI=1S/C67H125NO13/c1-3-5-7-9-11-13-15-17-19-21-23-24-25-26-27-28-29-30-31-32-33-34-36-38-40-42-44-46-48-50-56(71)55(68-59(72)51-49-47-45-43-41-39-37-35-22-20-18-16-14-12-10-8-6-4-2)54-78-66-64(77)62(75)65(58(53-70)80-66)81-67-63(76)61(74)60(73)57(52-69)79-67/h20,22,40,42,48,50,55-58,60-67,69-71,73-77H,3-19,21,23-39,41,43-47,49,51-54H2,1-2H3,(H,68,72)/b22-20-,42-40+,50-48+. The van der Waals surface area contributed by atoms with Gasteiger partial charge in [0.25, 0.3) is 0 Å². The van der Waals surface area contributed by atoms with E-state index in [0.29, 0.717) is 12.8 Å². The fraction of sp³-hybridized carbons (Fsp3) is 0.896. The Labute approximate surface area is 493 Å². The highest BCUT2D eigenvalue weighted by Gasteiger charge is 2.51. The number of ether oxygens (including phenoxy) is 4. The van der Waals surface area contributed by atoms with E-state index in [9.17, 15) is 45.6 Å². The second-order valence-electron chi connectivity index (χ2n) is 23.9. The smallest absolute Gasteiger partial charge is 0.220 e. The zero-order valence-corrected chi connectivity index (χ0v) is 51.5. The normalized spacial score (nSPS) is 24.3. The molecule has 2 rings (SSSR count). The summed E-state index contributed by atoms with van der Waals surface area (Å²) < 4.78 is 22.8. The number of rotatable bonds is 55. The summed E-state index contributed by atoms with van der Waals surface area (Å²) in [4.78, 5) is 13.3. The summed E-state index contributed by atoms with van der Waals surface area (Å²) in [6.07, 6.45) is 49.2. The van der Waals surface area contributed by atoms with Gasteiger partial charge in [0.05, 0.1) is 32.0 Å². The van der Waals surface area contributed by atoms with Crippen molar-refractivity contribution >= 4 is 5.91 Å². The third-order valence-electron chi connectivity index (χ3n) is 16.5. The molecule has 2 aliphatic rings. The number of carbonyl (C=O) groups is 1. The summed E-state index contributed by atoms with van der Waals surface area (Å²) in [5, 5.41) is 87.3. The lowest BCUT2D eigenvalue weighted by Gasteiger charge is -2.46. The first kappa shape index (κ1) is 75.3. The Kier molecular flexibility index (Phi) is 48.8. The Morgan fingerprint density at radius 2 is 0.790 bits per heavy atom. The van der Waals surface area contributed by atoms with E-state index < -0.39 is 86.8 Å². The lowest BCUT2D eigenvalue weighted by atomic mass is 9.97. The molecule has 2 saturated heterocycles. The second-order valence-corrected chi connectivity index (χ2v) is 23.9. The number of unbranched alkanes of at least 4 members (excludes halogenated alkanes) is 38. The van der Waals surface area contributed by atoms with Gasteiger partial charge in [-0.05, 0) is 57.8 Å². The highest BCUT2D eigenvalue weighted by Crippen LogP contribution is 2.30. The van der Waals surface area contributed by atoms with E-state index in [4.69, 9.17) is 18.9 Å². The molecule has 0 spiro atoms. The molecule has 0 aliphatic carbocycles. The number of hydrogen-bond donors (Lipinski definition) is 9. The minimum atomic E-state index is -1.79. The van der Waals surface area contributed by atoms with E-state index in [1.165, 1.54) is 218 Å². The summed E-state index contributed by atoms with van der Waals surface area (Å²) in [6.45, 7) is 2.81. The van der Waals surface area contributed by atoms with Gasteiger partial charge in [-0.15, -0.1) is 0 Å². The van der Waals surface area contributed by atoms with Crippen LogP contribution in [0, 0.1) is 0 Å². The van der Waals surface area contributed by atoms with Crippen LogP contribution in [-0.2, 0) is 23.7 Å². The SMILES string of the molecule is CCCCCCCCC/C=C\CCCCCCCCCC(=O)NC(COC1OC(CO)C(OC2OC(CO)C(O)C(O)C2O)C(O)C1O)C(O)/C=C/CC/C=C/CCCCCCCCCCCCCCCCCCCCCCCCC. The van der Waals surface area contributed by atoms with Crippen LogP contribution in [0.15, 0.2) is 36.5 Å². The lowest BCUT2D eigenvalue weighted by molar-refractivity contribution is -0.359. The fourth-order valence-corrected chi connectivity index (χ4v) is 11.1. The van der Waals surface area contributed by atoms with Gasteiger partial charge >= 0.3 is 0 Å². The van der Waals surface area contributed by atoms with Gasteiger partial charge in [0.2, 0.25) is 5.91 Å². The Bertz CT molecular complexity index is 1500. The van der Waals surface area contributed by atoms with Gasteiger partial charge in [-0.2, -0.15) is 0 Å². The molecule has 12 unspecified atom stereocenters. The average molecular weight is 1150 g/mol. The van der Waals surface area contributed by atoms with Gasteiger partial charge in [0.15, 0.2) is 12.6 Å². The van der Waals surface area contributed by atoms with Crippen molar-refractivity contribution < 1.29 is 64.6 Å². The first-order chi connectivity index (χ1) is 39.6. The van der Waals surface area contributed by atoms with Crippen LogP contribution in [0.5, 0.6) is 0 Å². The maximum Gasteiger partial charge on any atom is 0.220 e. The van der Waals surface area contributed by atoms with Crippen molar-refractivity contribution in [2.24, 2.45) is 0 Å². The van der Waals surface area contributed by atoms with Gasteiger partial charge in [-0.3, -0.25) is 4.79 Å². The number of amides is 1. The third-order valence-corrected chi connectivity index (χ3v) is 16.5. The Hall–Kier alpha value is -1.79. The van der Waals surface area contributed by atoms with E-state index in [1.807, 2.05) is 6.08 Å². The van der Waals surface area contributed by atoms with Crippen LogP contribution >= 0.6 is 0 Å². The van der Waals surface area contributed by atoms with Gasteiger partial charge in [-0.1, -0.05) is 262 Å². The van der Waals surface area contributed by atoms with E-state index in [1.54, 1.807) is 6.08 Å².